The first-order valence-electron chi connectivity index (χ1n) is 7.20. The van der Waals surface area contributed by atoms with Crippen LogP contribution in [0.2, 0.25) is 0 Å². The molecule has 0 bridgehead atoms. The van der Waals surface area contributed by atoms with Gasteiger partial charge in [0.15, 0.2) is 5.82 Å². The third kappa shape index (κ3) is 3.59. The summed E-state index contributed by atoms with van der Waals surface area (Å²) in [6.45, 7) is 2.26. The summed E-state index contributed by atoms with van der Waals surface area (Å²) in [5.74, 6) is 1.78. The quantitative estimate of drug-likeness (QED) is 0.843. The molecule has 1 atom stereocenters. The van der Waals surface area contributed by atoms with Gasteiger partial charge in [-0.1, -0.05) is 5.16 Å². The minimum atomic E-state index is 0.111. The molecule has 2 heterocycles. The Labute approximate surface area is 123 Å². The van der Waals surface area contributed by atoms with Gasteiger partial charge in [-0.3, -0.25) is 0 Å². The van der Waals surface area contributed by atoms with E-state index in [1.807, 2.05) is 24.3 Å². The summed E-state index contributed by atoms with van der Waals surface area (Å²) in [6.07, 6.45) is 1.87. The molecule has 112 valence electrons. The maximum Gasteiger partial charge on any atom is 0.257 e. The van der Waals surface area contributed by atoms with E-state index < -0.39 is 0 Å². The highest BCUT2D eigenvalue weighted by Crippen LogP contribution is 2.22. The highest BCUT2D eigenvalue weighted by atomic mass is 16.5. The fraction of sp³-hybridized carbons (Fsp3) is 0.467. The van der Waals surface area contributed by atoms with Crippen molar-refractivity contribution >= 4 is 5.69 Å². The number of anilines is 1. The molecule has 6 heteroatoms. The van der Waals surface area contributed by atoms with E-state index in [4.69, 9.17) is 14.4 Å². The molecule has 0 radical (unpaired) electrons. The fourth-order valence-corrected chi connectivity index (χ4v) is 2.39. The SMILES string of the molecule is OCCNc1ccc(-c2nc(CC3CCOC3)no2)cc1. The molecule has 1 aliphatic heterocycles. The smallest absolute Gasteiger partial charge is 0.257 e. The number of aromatic nitrogens is 2. The number of hydrogen-bond donors (Lipinski definition) is 2. The van der Waals surface area contributed by atoms with Gasteiger partial charge in [-0.05, 0) is 36.6 Å². The van der Waals surface area contributed by atoms with E-state index >= 15 is 0 Å². The van der Waals surface area contributed by atoms with Gasteiger partial charge in [0, 0.05) is 37.4 Å². The first-order chi connectivity index (χ1) is 10.3. The summed E-state index contributed by atoms with van der Waals surface area (Å²) in [5.41, 5.74) is 1.85. The fourth-order valence-electron chi connectivity index (χ4n) is 2.39. The van der Waals surface area contributed by atoms with Crippen LogP contribution in [0.4, 0.5) is 5.69 Å². The van der Waals surface area contributed by atoms with Crippen LogP contribution in [-0.4, -0.2) is 41.6 Å². The zero-order valence-corrected chi connectivity index (χ0v) is 11.8. The average molecular weight is 289 g/mol. The largest absolute Gasteiger partial charge is 0.395 e. The van der Waals surface area contributed by atoms with Crippen molar-refractivity contribution in [2.24, 2.45) is 5.92 Å². The van der Waals surface area contributed by atoms with E-state index in [1.165, 1.54) is 0 Å². The van der Waals surface area contributed by atoms with Crippen molar-refractivity contribution in [2.75, 3.05) is 31.7 Å². The van der Waals surface area contributed by atoms with Gasteiger partial charge < -0.3 is 19.7 Å². The number of benzene rings is 1. The van der Waals surface area contributed by atoms with Crippen LogP contribution in [0.3, 0.4) is 0 Å². The lowest BCUT2D eigenvalue weighted by Crippen LogP contribution is -2.05. The van der Waals surface area contributed by atoms with E-state index in [1.54, 1.807) is 0 Å². The van der Waals surface area contributed by atoms with Gasteiger partial charge in [0.05, 0.1) is 6.61 Å². The van der Waals surface area contributed by atoms with Gasteiger partial charge in [0.2, 0.25) is 0 Å². The summed E-state index contributed by atoms with van der Waals surface area (Å²) in [6, 6.07) is 7.71. The highest BCUT2D eigenvalue weighted by Gasteiger charge is 2.19. The molecule has 1 aromatic carbocycles. The molecule has 1 aliphatic rings. The normalized spacial score (nSPS) is 18.0. The summed E-state index contributed by atoms with van der Waals surface area (Å²) in [7, 11) is 0. The Hall–Kier alpha value is -1.92. The molecule has 21 heavy (non-hydrogen) atoms. The third-order valence-electron chi connectivity index (χ3n) is 3.54. The van der Waals surface area contributed by atoms with E-state index in [0.29, 0.717) is 18.4 Å². The van der Waals surface area contributed by atoms with Crippen molar-refractivity contribution in [3.63, 3.8) is 0 Å². The molecule has 1 saturated heterocycles. The maximum absolute atomic E-state index is 8.78. The zero-order chi connectivity index (χ0) is 14.5. The highest BCUT2D eigenvalue weighted by molar-refractivity contribution is 5.58. The Bertz CT molecular complexity index is 562. The van der Waals surface area contributed by atoms with E-state index in [-0.39, 0.29) is 6.61 Å². The predicted molar refractivity (Wildman–Crippen MR) is 77.9 cm³/mol. The summed E-state index contributed by atoms with van der Waals surface area (Å²) in [4.78, 5) is 4.44. The first-order valence-corrected chi connectivity index (χ1v) is 7.20. The minimum absolute atomic E-state index is 0.111. The van der Waals surface area contributed by atoms with Crippen molar-refractivity contribution in [3.8, 4) is 11.5 Å². The number of aliphatic hydroxyl groups excluding tert-OH is 1. The third-order valence-corrected chi connectivity index (χ3v) is 3.54. The van der Waals surface area contributed by atoms with Crippen LogP contribution >= 0.6 is 0 Å². The minimum Gasteiger partial charge on any atom is -0.395 e. The predicted octanol–water partition coefficient (Wildman–Crippen LogP) is 1.72. The number of nitrogens with one attached hydrogen (secondary N) is 1. The van der Waals surface area contributed by atoms with Crippen LogP contribution in [0, 0.1) is 5.92 Å². The number of rotatable bonds is 6. The second kappa shape index (κ2) is 6.69. The van der Waals surface area contributed by atoms with E-state index in [0.717, 1.165) is 43.1 Å². The molecule has 6 nitrogen and oxygen atoms in total. The van der Waals surface area contributed by atoms with Gasteiger partial charge >= 0.3 is 0 Å². The van der Waals surface area contributed by atoms with Crippen LogP contribution in [0.15, 0.2) is 28.8 Å². The van der Waals surface area contributed by atoms with Crippen molar-refractivity contribution in [1.82, 2.24) is 10.1 Å². The van der Waals surface area contributed by atoms with Gasteiger partial charge in [0.25, 0.3) is 5.89 Å². The number of ether oxygens (including phenoxy) is 1. The number of aliphatic hydroxyl groups is 1. The molecule has 1 fully saturated rings. The summed E-state index contributed by atoms with van der Waals surface area (Å²) < 4.78 is 10.7. The summed E-state index contributed by atoms with van der Waals surface area (Å²) >= 11 is 0. The van der Waals surface area contributed by atoms with Crippen molar-refractivity contribution in [1.29, 1.82) is 0 Å². The molecule has 0 saturated carbocycles. The maximum atomic E-state index is 8.78. The van der Waals surface area contributed by atoms with Gasteiger partial charge in [-0.2, -0.15) is 4.98 Å². The van der Waals surface area contributed by atoms with Gasteiger partial charge in [-0.25, -0.2) is 0 Å². The molecule has 2 N–H and O–H groups in total. The lowest BCUT2D eigenvalue weighted by atomic mass is 10.1. The molecule has 2 aromatic rings. The standard InChI is InChI=1S/C15H19N3O3/c19-7-6-16-13-3-1-12(2-4-13)15-17-14(18-21-15)9-11-5-8-20-10-11/h1-4,11,16,19H,5-10H2. The van der Waals surface area contributed by atoms with Crippen LogP contribution in [0.25, 0.3) is 11.5 Å². The molecule has 0 aliphatic carbocycles. The van der Waals surface area contributed by atoms with Crippen LogP contribution in [0.1, 0.15) is 12.2 Å². The molecule has 3 rings (SSSR count). The second-order valence-corrected chi connectivity index (χ2v) is 5.18. The van der Waals surface area contributed by atoms with Gasteiger partial charge in [0.1, 0.15) is 0 Å². The van der Waals surface area contributed by atoms with Gasteiger partial charge in [-0.15, -0.1) is 0 Å². The first kappa shape index (κ1) is 14.0. The molecular weight excluding hydrogens is 270 g/mol. The topological polar surface area (TPSA) is 80.4 Å². The number of nitrogens with zero attached hydrogens (tertiary/aromatic N) is 2. The monoisotopic (exact) mass is 289 g/mol. The van der Waals surface area contributed by atoms with Crippen LogP contribution in [0.5, 0.6) is 0 Å². The van der Waals surface area contributed by atoms with E-state index in [9.17, 15) is 0 Å². The molecule has 0 spiro atoms. The Kier molecular flexibility index (Phi) is 4.47. The zero-order valence-electron chi connectivity index (χ0n) is 11.8. The van der Waals surface area contributed by atoms with Crippen LogP contribution in [-0.2, 0) is 11.2 Å². The van der Waals surface area contributed by atoms with Crippen molar-refractivity contribution in [2.45, 2.75) is 12.8 Å². The Morgan fingerprint density at radius 3 is 2.86 bits per heavy atom. The van der Waals surface area contributed by atoms with Crippen LogP contribution < -0.4 is 5.32 Å². The lowest BCUT2D eigenvalue weighted by Gasteiger charge is -2.03. The van der Waals surface area contributed by atoms with Crippen molar-refractivity contribution < 1.29 is 14.4 Å². The van der Waals surface area contributed by atoms with Crippen molar-refractivity contribution in [3.05, 3.63) is 30.1 Å². The number of hydrogen-bond acceptors (Lipinski definition) is 6. The lowest BCUT2D eigenvalue weighted by molar-refractivity contribution is 0.185. The average Bonchev–Trinajstić information content (AvgIpc) is 3.18. The molecule has 1 aromatic heterocycles. The molecule has 0 amide bonds. The molecular formula is C15H19N3O3. The molecule has 1 unspecified atom stereocenters. The second-order valence-electron chi connectivity index (χ2n) is 5.18. The van der Waals surface area contributed by atoms with E-state index in [2.05, 4.69) is 15.5 Å². The Morgan fingerprint density at radius 1 is 1.29 bits per heavy atom. The Balaban J connectivity index is 1.64. The Morgan fingerprint density at radius 2 is 2.14 bits per heavy atom. The summed E-state index contributed by atoms with van der Waals surface area (Å²) in [5, 5.41) is 15.9.